The van der Waals surface area contributed by atoms with Gasteiger partial charge in [0, 0.05) is 71.8 Å². The predicted molar refractivity (Wildman–Crippen MR) is 141 cm³/mol. The fourth-order valence-electron chi connectivity index (χ4n) is 4.32. The van der Waals surface area contributed by atoms with E-state index in [9.17, 15) is 4.79 Å². The van der Waals surface area contributed by atoms with Crippen molar-refractivity contribution in [1.82, 2.24) is 20.4 Å². The molecule has 0 saturated carbocycles. The summed E-state index contributed by atoms with van der Waals surface area (Å²) in [6.07, 6.45) is 2.36. The first-order valence-electron chi connectivity index (χ1n) is 11.7. The Morgan fingerprint density at radius 2 is 1.88 bits per heavy atom. The monoisotopic (exact) mass is 557 g/mol. The van der Waals surface area contributed by atoms with Gasteiger partial charge in [-0.3, -0.25) is 14.7 Å². The molecule has 8 heteroatoms. The third-order valence-electron chi connectivity index (χ3n) is 6.22. The number of ether oxygens (including phenoxy) is 1. The summed E-state index contributed by atoms with van der Waals surface area (Å²) >= 11 is 0. The van der Waals surface area contributed by atoms with Crippen LogP contribution < -0.4 is 10.6 Å². The third-order valence-corrected chi connectivity index (χ3v) is 6.22. The number of halogens is 1. The van der Waals surface area contributed by atoms with E-state index in [-0.39, 0.29) is 36.0 Å². The summed E-state index contributed by atoms with van der Waals surface area (Å²) in [6, 6.07) is 8.71. The van der Waals surface area contributed by atoms with Crippen molar-refractivity contribution in [2.75, 3.05) is 59.0 Å². The molecule has 2 unspecified atom stereocenters. The highest BCUT2D eigenvalue weighted by molar-refractivity contribution is 14.0. The van der Waals surface area contributed by atoms with Crippen LogP contribution in [-0.2, 0) is 9.53 Å². The van der Waals surface area contributed by atoms with E-state index in [1.54, 1.807) is 6.92 Å². The molecule has 0 aliphatic carbocycles. The number of aryl methyl sites for hydroxylation is 1. The third kappa shape index (κ3) is 8.19. The molecular weight excluding hydrogens is 517 g/mol. The van der Waals surface area contributed by atoms with E-state index in [1.807, 2.05) is 4.90 Å². The molecule has 2 aliphatic heterocycles. The first-order valence-corrected chi connectivity index (χ1v) is 11.7. The quantitative estimate of drug-likeness (QED) is 0.307. The largest absolute Gasteiger partial charge is 0.373 e. The number of amides is 1. The lowest BCUT2D eigenvalue weighted by Gasteiger charge is -2.34. The van der Waals surface area contributed by atoms with Gasteiger partial charge >= 0.3 is 0 Å². The molecule has 2 saturated heterocycles. The van der Waals surface area contributed by atoms with Gasteiger partial charge in [0.05, 0.1) is 6.10 Å². The molecule has 2 fully saturated rings. The summed E-state index contributed by atoms with van der Waals surface area (Å²) in [4.78, 5) is 20.7. The van der Waals surface area contributed by atoms with Crippen molar-refractivity contribution in [3.8, 4) is 0 Å². The van der Waals surface area contributed by atoms with Gasteiger partial charge in [0.1, 0.15) is 0 Å². The van der Waals surface area contributed by atoms with Crippen LogP contribution in [-0.4, -0.2) is 80.6 Å². The zero-order valence-corrected chi connectivity index (χ0v) is 22.1. The Labute approximate surface area is 210 Å². The minimum atomic E-state index is 0. The molecule has 1 amide bonds. The average Bonchev–Trinajstić information content (AvgIpc) is 2.78. The summed E-state index contributed by atoms with van der Waals surface area (Å²) < 4.78 is 6.15. The number of hydrogen-bond donors (Lipinski definition) is 2. The van der Waals surface area contributed by atoms with Crippen molar-refractivity contribution < 1.29 is 9.53 Å². The first kappa shape index (κ1) is 26.9. The second-order valence-electron chi connectivity index (χ2n) is 8.60. The smallest absolute Gasteiger partial charge is 0.219 e. The van der Waals surface area contributed by atoms with Crippen LogP contribution >= 0.6 is 24.0 Å². The highest BCUT2D eigenvalue weighted by atomic mass is 127. The van der Waals surface area contributed by atoms with Crippen molar-refractivity contribution in [3.05, 3.63) is 35.4 Å². The van der Waals surface area contributed by atoms with Gasteiger partial charge in [-0.1, -0.05) is 29.8 Å². The SMILES string of the molecule is CCNC(=NCC1CCCOC1c1ccc(C)cc1)NCCN1CCN(C(C)=O)CC1.I. The maximum Gasteiger partial charge on any atom is 0.219 e. The van der Waals surface area contributed by atoms with Gasteiger partial charge in [-0.25, -0.2) is 0 Å². The minimum absolute atomic E-state index is 0. The zero-order valence-electron chi connectivity index (χ0n) is 19.8. The molecule has 0 spiro atoms. The Morgan fingerprint density at radius 1 is 1.16 bits per heavy atom. The van der Waals surface area contributed by atoms with Crippen molar-refractivity contribution in [2.45, 2.75) is 39.7 Å². The second-order valence-corrected chi connectivity index (χ2v) is 8.60. The molecule has 1 aromatic carbocycles. The zero-order chi connectivity index (χ0) is 22.1. The number of guanidine groups is 1. The summed E-state index contributed by atoms with van der Waals surface area (Å²) in [5, 5.41) is 6.85. The fourth-order valence-corrected chi connectivity index (χ4v) is 4.32. The fraction of sp³-hybridized carbons (Fsp3) is 0.667. The van der Waals surface area contributed by atoms with Crippen LogP contribution in [0.5, 0.6) is 0 Å². The molecule has 32 heavy (non-hydrogen) atoms. The number of aliphatic imine (C=N–C) groups is 1. The highest BCUT2D eigenvalue weighted by Crippen LogP contribution is 2.33. The van der Waals surface area contributed by atoms with Gasteiger partial charge < -0.3 is 20.3 Å². The molecule has 0 bridgehead atoms. The molecule has 1 aromatic rings. The second kappa shape index (κ2) is 14.0. The number of rotatable bonds is 7. The summed E-state index contributed by atoms with van der Waals surface area (Å²) in [5.41, 5.74) is 2.53. The van der Waals surface area contributed by atoms with E-state index >= 15 is 0 Å². The van der Waals surface area contributed by atoms with Crippen LogP contribution in [0.25, 0.3) is 0 Å². The molecule has 2 aliphatic rings. The van der Waals surface area contributed by atoms with Gasteiger partial charge in [-0.05, 0) is 32.3 Å². The minimum Gasteiger partial charge on any atom is -0.373 e. The average molecular weight is 558 g/mol. The van der Waals surface area contributed by atoms with Crippen LogP contribution in [0.2, 0.25) is 0 Å². The maximum absolute atomic E-state index is 11.5. The molecule has 7 nitrogen and oxygen atoms in total. The van der Waals surface area contributed by atoms with E-state index in [2.05, 4.69) is 53.6 Å². The van der Waals surface area contributed by atoms with Crippen LogP contribution in [0, 0.1) is 12.8 Å². The molecule has 2 N–H and O–H groups in total. The van der Waals surface area contributed by atoms with Gasteiger partial charge in [-0.2, -0.15) is 0 Å². The Bertz CT molecular complexity index is 720. The van der Waals surface area contributed by atoms with E-state index in [0.717, 1.165) is 77.8 Å². The number of piperazine rings is 1. The van der Waals surface area contributed by atoms with E-state index in [0.29, 0.717) is 5.92 Å². The number of nitrogens with zero attached hydrogens (tertiary/aromatic N) is 3. The van der Waals surface area contributed by atoms with Crippen LogP contribution in [0.3, 0.4) is 0 Å². The molecule has 0 radical (unpaired) electrons. The van der Waals surface area contributed by atoms with Crippen molar-refractivity contribution in [2.24, 2.45) is 10.9 Å². The van der Waals surface area contributed by atoms with E-state index < -0.39 is 0 Å². The summed E-state index contributed by atoms with van der Waals surface area (Å²) in [6.45, 7) is 13.6. The molecular formula is C24H40IN5O2. The lowest BCUT2D eigenvalue weighted by molar-refractivity contribution is -0.130. The highest BCUT2D eigenvalue weighted by Gasteiger charge is 2.27. The van der Waals surface area contributed by atoms with Gasteiger partial charge in [-0.15, -0.1) is 24.0 Å². The Morgan fingerprint density at radius 3 is 2.53 bits per heavy atom. The van der Waals surface area contributed by atoms with Crippen LogP contribution in [0.4, 0.5) is 0 Å². The standard InChI is InChI=1S/C24H39N5O2.HI/c1-4-25-24(26-11-12-28-13-15-29(16-14-28)20(3)30)27-18-22-6-5-17-31-23(22)21-9-7-19(2)8-10-21;/h7-10,22-23H,4-6,11-18H2,1-3H3,(H2,25,26,27);1H. The van der Waals surface area contributed by atoms with Gasteiger partial charge in [0.2, 0.25) is 5.91 Å². The van der Waals surface area contributed by atoms with E-state index in [1.165, 1.54) is 11.1 Å². The first-order chi connectivity index (χ1) is 15.1. The summed E-state index contributed by atoms with van der Waals surface area (Å²) in [5.74, 6) is 1.44. The number of nitrogens with one attached hydrogen (secondary N) is 2. The Balaban J connectivity index is 0.00000363. The molecule has 180 valence electrons. The maximum atomic E-state index is 11.5. The predicted octanol–water partition coefficient (Wildman–Crippen LogP) is 2.80. The molecule has 0 aromatic heterocycles. The lowest BCUT2D eigenvalue weighted by Crippen LogP contribution is -2.50. The topological polar surface area (TPSA) is 69.2 Å². The van der Waals surface area contributed by atoms with E-state index in [4.69, 9.17) is 9.73 Å². The van der Waals surface area contributed by atoms with Crippen molar-refractivity contribution >= 4 is 35.8 Å². The lowest BCUT2D eigenvalue weighted by atomic mass is 9.89. The Hall–Kier alpha value is -1.39. The number of carbonyl (C=O) groups excluding carboxylic acids is 1. The van der Waals surface area contributed by atoms with Crippen molar-refractivity contribution in [1.29, 1.82) is 0 Å². The van der Waals surface area contributed by atoms with Crippen LogP contribution in [0.15, 0.2) is 29.3 Å². The molecule has 2 heterocycles. The number of carbonyl (C=O) groups is 1. The normalized spacial score (nSPS) is 22.2. The van der Waals surface area contributed by atoms with Gasteiger partial charge in [0.25, 0.3) is 0 Å². The van der Waals surface area contributed by atoms with Crippen LogP contribution in [0.1, 0.15) is 43.9 Å². The number of benzene rings is 1. The summed E-state index contributed by atoms with van der Waals surface area (Å²) in [7, 11) is 0. The van der Waals surface area contributed by atoms with Gasteiger partial charge in [0.15, 0.2) is 5.96 Å². The molecule has 3 rings (SSSR count). The molecule has 2 atom stereocenters. The Kier molecular flexibility index (Phi) is 11.7. The number of hydrogen-bond acceptors (Lipinski definition) is 4. The van der Waals surface area contributed by atoms with Crippen molar-refractivity contribution in [3.63, 3.8) is 0 Å².